The van der Waals surface area contributed by atoms with Gasteiger partial charge in [-0.25, -0.2) is 0 Å². The Morgan fingerprint density at radius 1 is 1.19 bits per heavy atom. The van der Waals surface area contributed by atoms with Gasteiger partial charge in [0, 0.05) is 18.6 Å². The van der Waals surface area contributed by atoms with Gasteiger partial charge in [0.15, 0.2) is 0 Å². The summed E-state index contributed by atoms with van der Waals surface area (Å²) in [6.07, 6.45) is 8.46. The van der Waals surface area contributed by atoms with E-state index in [0.29, 0.717) is 6.04 Å². The Bertz CT molecular complexity index is 215. The molecule has 1 saturated carbocycles. The molecule has 2 fully saturated rings. The van der Waals surface area contributed by atoms with Gasteiger partial charge >= 0.3 is 0 Å². The van der Waals surface area contributed by atoms with Crippen LogP contribution in [0.2, 0.25) is 0 Å². The molecule has 0 radical (unpaired) electrons. The molecule has 1 aliphatic heterocycles. The summed E-state index contributed by atoms with van der Waals surface area (Å²) >= 11 is 0. The topological polar surface area (TPSA) is 29.3 Å². The highest BCUT2D eigenvalue weighted by molar-refractivity contribution is 4.93. The fourth-order valence-electron chi connectivity index (χ4n) is 3.92. The first kappa shape index (κ1) is 12.4. The van der Waals surface area contributed by atoms with Crippen molar-refractivity contribution in [3.63, 3.8) is 0 Å². The summed E-state index contributed by atoms with van der Waals surface area (Å²) in [4.78, 5) is 2.76. The molecule has 1 saturated heterocycles. The molecule has 4 unspecified atom stereocenters. The molecule has 2 nitrogen and oxygen atoms in total. The summed E-state index contributed by atoms with van der Waals surface area (Å²) in [6, 6.07) is 1.51. The van der Waals surface area contributed by atoms with Crippen LogP contribution >= 0.6 is 0 Å². The highest BCUT2D eigenvalue weighted by Crippen LogP contribution is 2.36. The molecule has 0 aromatic carbocycles. The number of rotatable bonds is 3. The number of hydrogen-bond acceptors (Lipinski definition) is 2. The lowest BCUT2D eigenvalue weighted by Gasteiger charge is -2.41. The average Bonchev–Trinajstić information content (AvgIpc) is 2.70. The second-order valence-electron chi connectivity index (χ2n) is 5.83. The molecular weight excluding hydrogens is 196 g/mol. The molecule has 0 amide bonds. The molecule has 2 rings (SSSR count). The zero-order chi connectivity index (χ0) is 11.5. The molecule has 2 aliphatic rings. The van der Waals surface area contributed by atoms with E-state index in [1.807, 2.05) is 0 Å². The zero-order valence-electron chi connectivity index (χ0n) is 11.0. The van der Waals surface area contributed by atoms with E-state index in [1.165, 1.54) is 45.1 Å². The molecule has 4 atom stereocenters. The SMILES string of the molecule is CCC1CCCCC1N1CCC(C)C1CN. The predicted molar refractivity (Wildman–Crippen MR) is 69.4 cm³/mol. The largest absolute Gasteiger partial charge is 0.329 e. The minimum Gasteiger partial charge on any atom is -0.329 e. The third-order valence-electron chi connectivity index (χ3n) is 4.99. The quantitative estimate of drug-likeness (QED) is 0.798. The molecule has 0 aromatic rings. The van der Waals surface area contributed by atoms with E-state index in [0.717, 1.165) is 24.4 Å². The van der Waals surface area contributed by atoms with Gasteiger partial charge in [0.2, 0.25) is 0 Å². The first-order valence-corrected chi connectivity index (χ1v) is 7.23. The van der Waals surface area contributed by atoms with Crippen molar-refractivity contribution in [2.75, 3.05) is 13.1 Å². The smallest absolute Gasteiger partial charge is 0.0247 e. The Morgan fingerprint density at radius 3 is 2.62 bits per heavy atom. The van der Waals surface area contributed by atoms with Crippen LogP contribution < -0.4 is 5.73 Å². The third kappa shape index (κ3) is 2.28. The van der Waals surface area contributed by atoms with Gasteiger partial charge in [-0.05, 0) is 37.6 Å². The third-order valence-corrected chi connectivity index (χ3v) is 4.99. The fraction of sp³-hybridized carbons (Fsp3) is 1.00. The van der Waals surface area contributed by atoms with E-state index in [2.05, 4.69) is 18.7 Å². The first-order valence-electron chi connectivity index (χ1n) is 7.23. The molecule has 0 spiro atoms. The van der Waals surface area contributed by atoms with E-state index in [-0.39, 0.29) is 0 Å². The van der Waals surface area contributed by atoms with Crippen LogP contribution in [0.15, 0.2) is 0 Å². The maximum Gasteiger partial charge on any atom is 0.0247 e. The summed E-state index contributed by atoms with van der Waals surface area (Å²) in [7, 11) is 0. The molecule has 16 heavy (non-hydrogen) atoms. The lowest BCUT2D eigenvalue weighted by atomic mass is 9.81. The van der Waals surface area contributed by atoms with Crippen LogP contribution in [0.4, 0.5) is 0 Å². The Morgan fingerprint density at radius 2 is 1.94 bits per heavy atom. The highest BCUT2D eigenvalue weighted by Gasteiger charge is 2.38. The Labute approximate surface area is 101 Å². The lowest BCUT2D eigenvalue weighted by molar-refractivity contribution is 0.0846. The van der Waals surface area contributed by atoms with E-state index in [4.69, 9.17) is 5.73 Å². The van der Waals surface area contributed by atoms with E-state index >= 15 is 0 Å². The Hall–Kier alpha value is -0.0800. The predicted octanol–water partition coefficient (Wildman–Crippen LogP) is 2.62. The van der Waals surface area contributed by atoms with Crippen LogP contribution in [0.5, 0.6) is 0 Å². The van der Waals surface area contributed by atoms with E-state index in [9.17, 15) is 0 Å². The van der Waals surface area contributed by atoms with Crippen molar-refractivity contribution in [3.05, 3.63) is 0 Å². The maximum absolute atomic E-state index is 5.97. The molecule has 0 aromatic heterocycles. The van der Waals surface area contributed by atoms with Crippen molar-refractivity contribution in [2.45, 2.75) is 64.5 Å². The maximum atomic E-state index is 5.97. The van der Waals surface area contributed by atoms with Gasteiger partial charge in [-0.1, -0.05) is 33.1 Å². The molecule has 2 N–H and O–H groups in total. The van der Waals surface area contributed by atoms with Gasteiger partial charge < -0.3 is 5.73 Å². The van der Waals surface area contributed by atoms with Crippen LogP contribution in [0.3, 0.4) is 0 Å². The Balaban J connectivity index is 2.04. The Kier molecular flexibility index (Phi) is 4.26. The van der Waals surface area contributed by atoms with Crippen LogP contribution in [0.1, 0.15) is 52.4 Å². The van der Waals surface area contributed by atoms with Crippen molar-refractivity contribution in [1.82, 2.24) is 4.90 Å². The van der Waals surface area contributed by atoms with Gasteiger partial charge in [0.25, 0.3) is 0 Å². The van der Waals surface area contributed by atoms with Crippen LogP contribution in [-0.2, 0) is 0 Å². The van der Waals surface area contributed by atoms with Gasteiger partial charge in [0.05, 0.1) is 0 Å². The second-order valence-corrected chi connectivity index (χ2v) is 5.83. The second kappa shape index (κ2) is 5.50. The monoisotopic (exact) mass is 224 g/mol. The number of likely N-dealkylation sites (tertiary alicyclic amines) is 1. The van der Waals surface area contributed by atoms with Crippen molar-refractivity contribution in [1.29, 1.82) is 0 Å². The first-order chi connectivity index (χ1) is 7.77. The van der Waals surface area contributed by atoms with Crippen LogP contribution in [-0.4, -0.2) is 30.1 Å². The summed E-state index contributed by atoms with van der Waals surface area (Å²) in [5.41, 5.74) is 5.97. The standard InChI is InChI=1S/C14H28N2/c1-3-12-6-4-5-7-13(12)16-9-8-11(2)14(16)10-15/h11-14H,3-10,15H2,1-2H3. The van der Waals surface area contributed by atoms with Gasteiger partial charge in [-0.3, -0.25) is 4.90 Å². The van der Waals surface area contributed by atoms with Crippen LogP contribution in [0, 0.1) is 11.8 Å². The van der Waals surface area contributed by atoms with E-state index < -0.39 is 0 Å². The molecule has 2 heteroatoms. The highest BCUT2D eigenvalue weighted by atomic mass is 15.2. The molecule has 1 aliphatic carbocycles. The van der Waals surface area contributed by atoms with Gasteiger partial charge in [-0.15, -0.1) is 0 Å². The minimum atomic E-state index is 0.664. The molecule has 94 valence electrons. The van der Waals surface area contributed by atoms with Crippen molar-refractivity contribution < 1.29 is 0 Å². The molecule has 0 bridgehead atoms. The van der Waals surface area contributed by atoms with Crippen molar-refractivity contribution in [3.8, 4) is 0 Å². The van der Waals surface area contributed by atoms with Gasteiger partial charge in [0.1, 0.15) is 0 Å². The summed E-state index contributed by atoms with van der Waals surface area (Å²) in [5, 5.41) is 0. The number of nitrogens with two attached hydrogens (primary N) is 1. The number of nitrogens with zero attached hydrogens (tertiary/aromatic N) is 1. The van der Waals surface area contributed by atoms with E-state index in [1.54, 1.807) is 0 Å². The average molecular weight is 224 g/mol. The summed E-state index contributed by atoms with van der Waals surface area (Å²) in [5.74, 6) is 1.75. The van der Waals surface area contributed by atoms with Crippen molar-refractivity contribution in [2.24, 2.45) is 17.6 Å². The van der Waals surface area contributed by atoms with Gasteiger partial charge in [-0.2, -0.15) is 0 Å². The zero-order valence-corrected chi connectivity index (χ0v) is 11.0. The van der Waals surface area contributed by atoms with Crippen LogP contribution in [0.25, 0.3) is 0 Å². The molecular formula is C14H28N2. The molecule has 1 heterocycles. The minimum absolute atomic E-state index is 0.664. The fourth-order valence-corrected chi connectivity index (χ4v) is 3.92. The lowest BCUT2D eigenvalue weighted by Crippen LogP contribution is -2.48. The normalized spacial score (nSPS) is 41.4. The summed E-state index contributed by atoms with van der Waals surface area (Å²) in [6.45, 7) is 6.89. The summed E-state index contributed by atoms with van der Waals surface area (Å²) < 4.78 is 0. The number of hydrogen-bond donors (Lipinski definition) is 1. The van der Waals surface area contributed by atoms with Crippen molar-refractivity contribution >= 4 is 0 Å².